The third-order valence-electron chi connectivity index (χ3n) is 3.92. The number of nitro groups is 1. The number of halogens is 1. The smallest absolute Gasteiger partial charge is 0.275 e. The maximum absolute atomic E-state index is 11.1. The number of rotatable bonds is 4. The van der Waals surface area contributed by atoms with Gasteiger partial charge in [-0.25, -0.2) is 0 Å². The molecule has 2 unspecified atom stereocenters. The standard InChI is InChI=1S/C14H20ClN3O2/c1-10(16)11-3-2-6-17(8-11)9-12-4-5-13(15)7-14(12)18(19)20/h4-5,7,10-11H,2-3,6,8-9,16H2,1H3. The third-order valence-corrected chi connectivity index (χ3v) is 4.16. The van der Waals surface area contributed by atoms with E-state index in [-0.39, 0.29) is 16.7 Å². The number of piperidine rings is 1. The Hall–Kier alpha value is -1.17. The van der Waals surface area contributed by atoms with Crippen molar-refractivity contribution in [1.82, 2.24) is 4.90 Å². The van der Waals surface area contributed by atoms with E-state index < -0.39 is 0 Å². The molecule has 1 aromatic carbocycles. The lowest BCUT2D eigenvalue weighted by Gasteiger charge is -2.34. The van der Waals surface area contributed by atoms with Crippen LogP contribution in [0.2, 0.25) is 5.02 Å². The van der Waals surface area contributed by atoms with Crippen molar-refractivity contribution >= 4 is 17.3 Å². The van der Waals surface area contributed by atoms with Crippen LogP contribution in [0.25, 0.3) is 0 Å². The molecule has 1 aliphatic rings. The van der Waals surface area contributed by atoms with Gasteiger partial charge in [0.2, 0.25) is 0 Å². The minimum atomic E-state index is -0.367. The first kappa shape index (κ1) is 15.2. The van der Waals surface area contributed by atoms with Gasteiger partial charge in [0.15, 0.2) is 0 Å². The normalized spacial score (nSPS) is 21.6. The molecule has 0 aliphatic carbocycles. The van der Waals surface area contributed by atoms with Crippen molar-refractivity contribution in [2.75, 3.05) is 13.1 Å². The number of hydrogen-bond donors (Lipinski definition) is 1. The van der Waals surface area contributed by atoms with Crippen LogP contribution in [0.5, 0.6) is 0 Å². The molecule has 110 valence electrons. The Bertz CT molecular complexity index is 493. The van der Waals surface area contributed by atoms with E-state index in [1.807, 2.05) is 6.92 Å². The Morgan fingerprint density at radius 3 is 3.00 bits per heavy atom. The Labute approximate surface area is 123 Å². The molecule has 6 heteroatoms. The second-order valence-corrected chi connectivity index (χ2v) is 5.96. The average molecular weight is 298 g/mol. The average Bonchev–Trinajstić information content (AvgIpc) is 2.41. The fourth-order valence-electron chi connectivity index (χ4n) is 2.75. The summed E-state index contributed by atoms with van der Waals surface area (Å²) >= 11 is 5.83. The Morgan fingerprint density at radius 1 is 1.60 bits per heavy atom. The Morgan fingerprint density at radius 2 is 2.35 bits per heavy atom. The largest absolute Gasteiger partial charge is 0.328 e. The van der Waals surface area contributed by atoms with E-state index >= 15 is 0 Å². The number of nitro benzene ring substituents is 1. The van der Waals surface area contributed by atoms with E-state index in [9.17, 15) is 10.1 Å². The first-order valence-corrected chi connectivity index (χ1v) is 7.26. The van der Waals surface area contributed by atoms with Crippen molar-refractivity contribution in [3.05, 3.63) is 38.9 Å². The molecular weight excluding hydrogens is 278 g/mol. The molecule has 5 nitrogen and oxygen atoms in total. The van der Waals surface area contributed by atoms with Crippen molar-refractivity contribution in [3.8, 4) is 0 Å². The van der Waals surface area contributed by atoms with E-state index in [1.165, 1.54) is 6.07 Å². The first-order valence-electron chi connectivity index (χ1n) is 6.88. The van der Waals surface area contributed by atoms with Gasteiger partial charge >= 0.3 is 0 Å². The molecule has 20 heavy (non-hydrogen) atoms. The van der Waals surface area contributed by atoms with Gasteiger partial charge in [-0.2, -0.15) is 0 Å². The van der Waals surface area contributed by atoms with Crippen LogP contribution in [0, 0.1) is 16.0 Å². The van der Waals surface area contributed by atoms with Crippen LogP contribution in [-0.2, 0) is 6.54 Å². The summed E-state index contributed by atoms with van der Waals surface area (Å²) in [6.45, 7) is 4.47. The molecule has 0 radical (unpaired) electrons. The van der Waals surface area contributed by atoms with Crippen molar-refractivity contribution < 1.29 is 4.92 Å². The van der Waals surface area contributed by atoms with Crippen LogP contribution in [0.15, 0.2) is 18.2 Å². The number of nitrogens with two attached hydrogens (primary N) is 1. The highest BCUT2D eigenvalue weighted by Crippen LogP contribution is 2.27. The maximum atomic E-state index is 11.1. The lowest BCUT2D eigenvalue weighted by Crippen LogP contribution is -2.42. The third kappa shape index (κ3) is 3.69. The van der Waals surface area contributed by atoms with E-state index in [1.54, 1.807) is 12.1 Å². The molecule has 0 aromatic heterocycles. The minimum absolute atomic E-state index is 0.0976. The molecule has 2 rings (SSSR count). The number of benzene rings is 1. The summed E-state index contributed by atoms with van der Waals surface area (Å²) in [5, 5.41) is 11.5. The Kier molecular flexibility index (Phi) is 4.96. The highest BCUT2D eigenvalue weighted by molar-refractivity contribution is 6.30. The predicted molar refractivity (Wildman–Crippen MR) is 79.8 cm³/mol. The molecule has 0 bridgehead atoms. The van der Waals surface area contributed by atoms with Crippen LogP contribution in [-0.4, -0.2) is 29.0 Å². The SMILES string of the molecule is CC(N)C1CCCN(Cc2ccc(Cl)cc2[N+](=O)[O-])C1. The van der Waals surface area contributed by atoms with Gasteiger partial charge in [-0.05, 0) is 44.4 Å². The van der Waals surface area contributed by atoms with Gasteiger partial charge in [0.1, 0.15) is 0 Å². The highest BCUT2D eigenvalue weighted by Gasteiger charge is 2.24. The molecule has 1 saturated heterocycles. The molecule has 1 fully saturated rings. The van der Waals surface area contributed by atoms with Crippen molar-refractivity contribution in [2.24, 2.45) is 11.7 Å². The summed E-state index contributed by atoms with van der Waals surface area (Å²) in [6, 6.07) is 5.04. The summed E-state index contributed by atoms with van der Waals surface area (Å²) in [5.41, 5.74) is 6.78. The minimum Gasteiger partial charge on any atom is -0.328 e. The van der Waals surface area contributed by atoms with Gasteiger partial charge in [-0.3, -0.25) is 15.0 Å². The van der Waals surface area contributed by atoms with Gasteiger partial charge in [-0.15, -0.1) is 0 Å². The van der Waals surface area contributed by atoms with E-state index in [4.69, 9.17) is 17.3 Å². The number of hydrogen-bond acceptors (Lipinski definition) is 4. The van der Waals surface area contributed by atoms with Crippen molar-refractivity contribution in [2.45, 2.75) is 32.4 Å². The molecule has 0 saturated carbocycles. The zero-order valence-corrected chi connectivity index (χ0v) is 12.3. The number of nitrogens with zero attached hydrogens (tertiary/aromatic N) is 2. The van der Waals surface area contributed by atoms with Crippen LogP contribution >= 0.6 is 11.6 Å². The van der Waals surface area contributed by atoms with E-state index in [0.29, 0.717) is 23.0 Å². The van der Waals surface area contributed by atoms with Gasteiger partial charge < -0.3 is 5.73 Å². The van der Waals surface area contributed by atoms with Crippen LogP contribution < -0.4 is 5.73 Å². The van der Waals surface area contributed by atoms with Crippen LogP contribution in [0.3, 0.4) is 0 Å². The zero-order valence-electron chi connectivity index (χ0n) is 11.6. The summed E-state index contributed by atoms with van der Waals surface area (Å²) in [7, 11) is 0. The summed E-state index contributed by atoms with van der Waals surface area (Å²) < 4.78 is 0. The summed E-state index contributed by atoms with van der Waals surface area (Å²) in [6.07, 6.45) is 2.23. The van der Waals surface area contributed by atoms with Crippen LogP contribution in [0.4, 0.5) is 5.69 Å². The molecule has 0 amide bonds. The first-order chi connectivity index (χ1) is 9.47. The quantitative estimate of drug-likeness (QED) is 0.685. The molecular formula is C14H20ClN3O2. The fraction of sp³-hybridized carbons (Fsp3) is 0.571. The van der Waals surface area contributed by atoms with Crippen molar-refractivity contribution in [1.29, 1.82) is 0 Å². The van der Waals surface area contributed by atoms with E-state index in [0.717, 1.165) is 25.9 Å². The van der Waals surface area contributed by atoms with Crippen molar-refractivity contribution in [3.63, 3.8) is 0 Å². The fourth-order valence-corrected chi connectivity index (χ4v) is 2.91. The molecule has 2 atom stereocenters. The number of likely N-dealkylation sites (tertiary alicyclic amines) is 1. The van der Waals surface area contributed by atoms with Gasteiger partial charge in [0.25, 0.3) is 5.69 Å². The molecule has 2 N–H and O–H groups in total. The topological polar surface area (TPSA) is 72.4 Å². The lowest BCUT2D eigenvalue weighted by molar-refractivity contribution is -0.385. The zero-order chi connectivity index (χ0) is 14.7. The maximum Gasteiger partial charge on any atom is 0.275 e. The van der Waals surface area contributed by atoms with E-state index in [2.05, 4.69) is 4.90 Å². The molecule has 1 aromatic rings. The molecule has 1 heterocycles. The molecule has 1 aliphatic heterocycles. The lowest BCUT2D eigenvalue weighted by atomic mass is 9.92. The monoisotopic (exact) mass is 297 g/mol. The van der Waals surface area contributed by atoms with Gasteiger partial charge in [-0.1, -0.05) is 11.6 Å². The second-order valence-electron chi connectivity index (χ2n) is 5.53. The van der Waals surface area contributed by atoms with Gasteiger partial charge in [0.05, 0.1) is 4.92 Å². The second kappa shape index (κ2) is 6.52. The Balaban J connectivity index is 2.11. The predicted octanol–water partition coefficient (Wildman–Crippen LogP) is 2.81. The summed E-state index contributed by atoms with van der Waals surface area (Å²) in [5.74, 6) is 0.468. The summed E-state index contributed by atoms with van der Waals surface area (Å²) in [4.78, 5) is 13.0. The van der Waals surface area contributed by atoms with Gasteiger partial charge in [0, 0.05) is 35.8 Å². The van der Waals surface area contributed by atoms with Crippen LogP contribution in [0.1, 0.15) is 25.3 Å². The highest BCUT2D eigenvalue weighted by atomic mass is 35.5. The molecule has 0 spiro atoms.